The highest BCUT2D eigenvalue weighted by atomic mass is 16.1. The molecule has 0 bridgehead atoms. The van der Waals surface area contributed by atoms with Gasteiger partial charge in [-0.05, 0) is 43.0 Å². The maximum Gasteiger partial charge on any atom is 0.224 e. The number of carbonyl (C=O) groups excluding carboxylic acids is 1. The monoisotopic (exact) mass is 376 g/mol. The molecule has 144 valence electrons. The molecular weight excluding hydrogens is 352 g/mol. The summed E-state index contributed by atoms with van der Waals surface area (Å²) < 4.78 is 1.68. The van der Waals surface area contributed by atoms with Gasteiger partial charge in [0.05, 0.1) is 5.92 Å². The lowest BCUT2D eigenvalue weighted by atomic mass is 9.97. The first-order chi connectivity index (χ1) is 13.8. The molecule has 7 nitrogen and oxygen atoms in total. The van der Waals surface area contributed by atoms with E-state index in [1.165, 1.54) is 5.56 Å². The number of rotatable bonds is 6. The Morgan fingerprint density at radius 1 is 1.07 bits per heavy atom. The first-order valence-electron chi connectivity index (χ1n) is 9.70. The Labute approximate surface area is 164 Å². The maximum absolute atomic E-state index is 12.6. The van der Waals surface area contributed by atoms with Crippen molar-refractivity contribution in [1.82, 2.24) is 25.3 Å². The summed E-state index contributed by atoms with van der Waals surface area (Å²) in [6, 6.07) is 15.9. The molecule has 0 radical (unpaired) electrons. The Morgan fingerprint density at radius 3 is 2.64 bits per heavy atom. The lowest BCUT2D eigenvalue weighted by Crippen LogP contribution is -2.43. The zero-order valence-electron chi connectivity index (χ0n) is 15.7. The van der Waals surface area contributed by atoms with E-state index in [4.69, 9.17) is 0 Å². The van der Waals surface area contributed by atoms with E-state index in [0.717, 1.165) is 31.6 Å². The Balaban J connectivity index is 1.31. The first-order valence-corrected chi connectivity index (χ1v) is 9.70. The molecule has 1 aromatic carbocycles. The number of nitrogens with zero attached hydrogens (tertiary/aromatic N) is 5. The summed E-state index contributed by atoms with van der Waals surface area (Å²) in [5.74, 6) is 1.59. The van der Waals surface area contributed by atoms with Crippen molar-refractivity contribution in [2.24, 2.45) is 5.92 Å². The lowest BCUT2D eigenvalue weighted by Gasteiger charge is -2.32. The van der Waals surface area contributed by atoms with Crippen LogP contribution >= 0.6 is 0 Å². The summed E-state index contributed by atoms with van der Waals surface area (Å²) in [6.45, 7) is 2.23. The van der Waals surface area contributed by atoms with Crippen LogP contribution in [0.5, 0.6) is 0 Å². The molecule has 4 rings (SSSR count). The van der Waals surface area contributed by atoms with Crippen LogP contribution in [0, 0.1) is 5.92 Å². The van der Waals surface area contributed by atoms with Gasteiger partial charge in [0.1, 0.15) is 0 Å². The van der Waals surface area contributed by atoms with E-state index < -0.39 is 0 Å². The molecule has 0 saturated carbocycles. The second-order valence-corrected chi connectivity index (χ2v) is 7.01. The molecule has 1 aliphatic rings. The Kier molecular flexibility index (Phi) is 5.61. The molecule has 1 N–H and O–H groups in total. The van der Waals surface area contributed by atoms with Gasteiger partial charge in [-0.15, -0.1) is 10.2 Å². The smallest absolute Gasteiger partial charge is 0.224 e. The van der Waals surface area contributed by atoms with Gasteiger partial charge in [0.2, 0.25) is 5.91 Å². The molecule has 1 saturated heterocycles. The second-order valence-electron chi connectivity index (χ2n) is 7.01. The van der Waals surface area contributed by atoms with Crippen molar-refractivity contribution in [3.63, 3.8) is 0 Å². The van der Waals surface area contributed by atoms with Gasteiger partial charge in [-0.2, -0.15) is 5.10 Å². The molecule has 1 fully saturated rings. The fourth-order valence-corrected chi connectivity index (χ4v) is 3.53. The molecule has 1 atom stereocenters. The number of hydrogen-bond donors (Lipinski definition) is 1. The number of aromatic nitrogens is 4. The quantitative estimate of drug-likeness (QED) is 0.714. The summed E-state index contributed by atoms with van der Waals surface area (Å²) >= 11 is 0. The largest absolute Gasteiger partial charge is 0.355 e. The molecule has 2 aromatic heterocycles. The van der Waals surface area contributed by atoms with Crippen LogP contribution in [0.15, 0.2) is 60.9 Å². The highest BCUT2D eigenvalue weighted by Crippen LogP contribution is 2.21. The fraction of sp³-hybridized carbons (Fsp3) is 0.333. The van der Waals surface area contributed by atoms with E-state index in [1.807, 2.05) is 42.6 Å². The molecule has 3 aromatic rings. The Bertz CT molecular complexity index is 879. The van der Waals surface area contributed by atoms with Crippen LogP contribution in [0.4, 0.5) is 5.82 Å². The third-order valence-corrected chi connectivity index (χ3v) is 5.05. The summed E-state index contributed by atoms with van der Waals surface area (Å²) in [7, 11) is 0. The van der Waals surface area contributed by atoms with Crippen LogP contribution in [0.1, 0.15) is 18.4 Å². The molecular formula is C21H24N6O. The predicted molar refractivity (Wildman–Crippen MR) is 107 cm³/mol. The molecule has 1 amide bonds. The van der Waals surface area contributed by atoms with Crippen molar-refractivity contribution in [3.8, 4) is 5.82 Å². The van der Waals surface area contributed by atoms with E-state index in [0.29, 0.717) is 18.9 Å². The van der Waals surface area contributed by atoms with Gasteiger partial charge in [0.15, 0.2) is 11.6 Å². The SMILES string of the molecule is O=C(NCCc1ccccc1)C1CCCN(c2ccc(-n3cccn3)nn2)C1. The molecule has 28 heavy (non-hydrogen) atoms. The zero-order valence-corrected chi connectivity index (χ0v) is 15.7. The standard InChI is InChI=1S/C21H24N6O/c28-21(22-13-11-17-6-2-1-3-7-17)18-8-4-14-26(16-18)19-9-10-20(25-24-19)27-15-5-12-23-27/h1-3,5-7,9-10,12,15,18H,4,8,11,13-14,16H2,(H,22,28). The van der Waals surface area contributed by atoms with E-state index in [2.05, 4.69) is 37.6 Å². The number of amides is 1. The van der Waals surface area contributed by atoms with Crippen LogP contribution in [0.25, 0.3) is 5.82 Å². The molecule has 7 heteroatoms. The van der Waals surface area contributed by atoms with Gasteiger partial charge < -0.3 is 10.2 Å². The van der Waals surface area contributed by atoms with Crippen molar-refractivity contribution in [2.45, 2.75) is 19.3 Å². The Morgan fingerprint density at radius 2 is 1.89 bits per heavy atom. The van der Waals surface area contributed by atoms with Gasteiger partial charge in [-0.1, -0.05) is 30.3 Å². The van der Waals surface area contributed by atoms with Crippen LogP contribution in [0.3, 0.4) is 0 Å². The number of carbonyl (C=O) groups is 1. The number of benzene rings is 1. The summed E-state index contributed by atoms with van der Waals surface area (Å²) in [4.78, 5) is 14.7. The molecule has 1 aliphatic heterocycles. The molecule has 1 unspecified atom stereocenters. The van der Waals surface area contributed by atoms with Crippen LogP contribution in [-0.2, 0) is 11.2 Å². The summed E-state index contributed by atoms with van der Waals surface area (Å²) in [5, 5.41) is 15.8. The average molecular weight is 376 g/mol. The highest BCUT2D eigenvalue weighted by molar-refractivity contribution is 5.79. The van der Waals surface area contributed by atoms with Crippen molar-refractivity contribution >= 4 is 11.7 Å². The van der Waals surface area contributed by atoms with Crippen molar-refractivity contribution in [3.05, 3.63) is 66.5 Å². The van der Waals surface area contributed by atoms with E-state index in [9.17, 15) is 4.79 Å². The summed E-state index contributed by atoms with van der Waals surface area (Å²) in [5.41, 5.74) is 1.24. The second kappa shape index (κ2) is 8.65. The highest BCUT2D eigenvalue weighted by Gasteiger charge is 2.26. The van der Waals surface area contributed by atoms with Gasteiger partial charge in [0, 0.05) is 32.0 Å². The maximum atomic E-state index is 12.6. The van der Waals surface area contributed by atoms with Gasteiger partial charge >= 0.3 is 0 Å². The van der Waals surface area contributed by atoms with Crippen LogP contribution < -0.4 is 10.2 Å². The van der Waals surface area contributed by atoms with Gasteiger partial charge in [-0.25, -0.2) is 4.68 Å². The average Bonchev–Trinajstić information content (AvgIpc) is 3.30. The first kappa shape index (κ1) is 18.2. The topological polar surface area (TPSA) is 75.9 Å². The molecule has 0 aliphatic carbocycles. The van der Waals surface area contributed by atoms with E-state index >= 15 is 0 Å². The van der Waals surface area contributed by atoms with E-state index in [-0.39, 0.29) is 11.8 Å². The third kappa shape index (κ3) is 4.36. The van der Waals surface area contributed by atoms with Gasteiger partial charge in [0.25, 0.3) is 0 Å². The summed E-state index contributed by atoms with van der Waals surface area (Å²) in [6.07, 6.45) is 6.27. The molecule has 3 heterocycles. The number of hydrogen-bond acceptors (Lipinski definition) is 5. The van der Waals surface area contributed by atoms with Crippen molar-refractivity contribution < 1.29 is 4.79 Å². The van der Waals surface area contributed by atoms with Crippen molar-refractivity contribution in [2.75, 3.05) is 24.5 Å². The number of nitrogens with one attached hydrogen (secondary N) is 1. The van der Waals surface area contributed by atoms with E-state index in [1.54, 1.807) is 10.9 Å². The van der Waals surface area contributed by atoms with Gasteiger partial charge in [-0.3, -0.25) is 4.79 Å². The zero-order chi connectivity index (χ0) is 19.2. The minimum absolute atomic E-state index is 0.0166. The molecule has 0 spiro atoms. The predicted octanol–water partition coefficient (Wildman–Crippen LogP) is 2.24. The minimum Gasteiger partial charge on any atom is -0.355 e. The fourth-order valence-electron chi connectivity index (χ4n) is 3.53. The number of anilines is 1. The third-order valence-electron chi connectivity index (χ3n) is 5.05. The lowest BCUT2D eigenvalue weighted by molar-refractivity contribution is -0.125. The van der Waals surface area contributed by atoms with Crippen molar-refractivity contribution in [1.29, 1.82) is 0 Å². The normalized spacial score (nSPS) is 16.7. The minimum atomic E-state index is -0.0166. The number of piperidine rings is 1. The van der Waals surface area contributed by atoms with Crippen LogP contribution in [0.2, 0.25) is 0 Å². The van der Waals surface area contributed by atoms with Crippen LogP contribution in [-0.4, -0.2) is 45.5 Å². The Hall–Kier alpha value is -3.22.